The number of aliphatic hydroxyl groups excluding tert-OH is 1. The predicted molar refractivity (Wildman–Crippen MR) is 65.5 cm³/mol. The van der Waals surface area contributed by atoms with Crippen molar-refractivity contribution in [1.82, 2.24) is 9.97 Å². The number of halogens is 1. The standard InChI is InChI=1S/C11H19FN4O/c1-4-13-11-14-5-9(12)10(16-11)15-8(3)7(2)6-17/h5,7-8,17H,4,6H2,1-3H3,(H2,13,14,15,16). The van der Waals surface area contributed by atoms with E-state index in [0.717, 1.165) is 6.20 Å². The van der Waals surface area contributed by atoms with Crippen LogP contribution in [-0.2, 0) is 0 Å². The van der Waals surface area contributed by atoms with Gasteiger partial charge in [-0.1, -0.05) is 6.92 Å². The van der Waals surface area contributed by atoms with Gasteiger partial charge in [-0.15, -0.1) is 0 Å². The Labute approximate surface area is 100 Å². The molecule has 0 saturated carbocycles. The molecule has 5 nitrogen and oxygen atoms in total. The van der Waals surface area contributed by atoms with Gasteiger partial charge in [0.1, 0.15) is 0 Å². The smallest absolute Gasteiger partial charge is 0.224 e. The first kappa shape index (κ1) is 13.6. The van der Waals surface area contributed by atoms with E-state index in [1.165, 1.54) is 0 Å². The monoisotopic (exact) mass is 242 g/mol. The molecule has 0 amide bonds. The Hall–Kier alpha value is -1.43. The second-order valence-electron chi connectivity index (χ2n) is 4.01. The molecule has 1 aromatic rings. The van der Waals surface area contributed by atoms with E-state index < -0.39 is 5.82 Å². The van der Waals surface area contributed by atoms with Crippen LogP contribution in [0.4, 0.5) is 16.2 Å². The topological polar surface area (TPSA) is 70.1 Å². The van der Waals surface area contributed by atoms with Crippen molar-refractivity contribution >= 4 is 11.8 Å². The van der Waals surface area contributed by atoms with Crippen LogP contribution in [0.25, 0.3) is 0 Å². The highest BCUT2D eigenvalue weighted by atomic mass is 19.1. The number of aromatic nitrogens is 2. The summed E-state index contributed by atoms with van der Waals surface area (Å²) >= 11 is 0. The van der Waals surface area contributed by atoms with Crippen LogP contribution in [0.3, 0.4) is 0 Å². The molecule has 17 heavy (non-hydrogen) atoms. The zero-order valence-electron chi connectivity index (χ0n) is 10.4. The van der Waals surface area contributed by atoms with Gasteiger partial charge in [-0.05, 0) is 19.8 Å². The Morgan fingerprint density at radius 1 is 1.47 bits per heavy atom. The minimum absolute atomic E-state index is 0.0203. The Balaban J connectivity index is 2.78. The highest BCUT2D eigenvalue weighted by molar-refractivity contribution is 5.41. The number of aliphatic hydroxyl groups is 1. The van der Waals surface area contributed by atoms with Crippen molar-refractivity contribution in [2.75, 3.05) is 23.8 Å². The molecule has 0 bridgehead atoms. The van der Waals surface area contributed by atoms with E-state index in [4.69, 9.17) is 5.11 Å². The Kier molecular flexibility index (Phi) is 5.09. The second-order valence-corrected chi connectivity index (χ2v) is 4.01. The number of hydrogen-bond donors (Lipinski definition) is 3. The Bertz CT molecular complexity index is 361. The third-order valence-corrected chi connectivity index (χ3v) is 2.58. The lowest BCUT2D eigenvalue weighted by molar-refractivity contribution is 0.226. The van der Waals surface area contributed by atoms with Crippen LogP contribution in [0.5, 0.6) is 0 Å². The molecule has 2 unspecified atom stereocenters. The molecule has 2 atom stereocenters. The lowest BCUT2D eigenvalue weighted by Gasteiger charge is -2.20. The third-order valence-electron chi connectivity index (χ3n) is 2.58. The Morgan fingerprint density at radius 2 is 2.18 bits per heavy atom. The van der Waals surface area contributed by atoms with E-state index in [1.54, 1.807) is 0 Å². The van der Waals surface area contributed by atoms with Gasteiger partial charge in [0, 0.05) is 19.2 Å². The number of rotatable bonds is 6. The van der Waals surface area contributed by atoms with E-state index in [0.29, 0.717) is 12.5 Å². The van der Waals surface area contributed by atoms with E-state index in [2.05, 4.69) is 20.6 Å². The van der Waals surface area contributed by atoms with E-state index in [9.17, 15) is 4.39 Å². The van der Waals surface area contributed by atoms with Crippen molar-refractivity contribution in [2.45, 2.75) is 26.8 Å². The zero-order valence-corrected chi connectivity index (χ0v) is 10.4. The Morgan fingerprint density at radius 3 is 2.76 bits per heavy atom. The molecular weight excluding hydrogens is 223 g/mol. The summed E-state index contributed by atoms with van der Waals surface area (Å²) < 4.78 is 13.5. The summed E-state index contributed by atoms with van der Waals surface area (Å²) in [4.78, 5) is 7.84. The first-order valence-corrected chi connectivity index (χ1v) is 5.72. The molecule has 0 aliphatic carbocycles. The molecule has 1 rings (SSSR count). The summed E-state index contributed by atoms with van der Waals surface area (Å²) in [6.45, 7) is 6.38. The van der Waals surface area contributed by atoms with Crippen LogP contribution in [0.15, 0.2) is 6.20 Å². The lowest BCUT2D eigenvalue weighted by Crippen LogP contribution is -2.27. The molecule has 0 spiro atoms. The van der Waals surface area contributed by atoms with Gasteiger partial charge in [0.05, 0.1) is 6.20 Å². The zero-order chi connectivity index (χ0) is 12.8. The van der Waals surface area contributed by atoms with Crippen LogP contribution in [0.1, 0.15) is 20.8 Å². The van der Waals surface area contributed by atoms with E-state index >= 15 is 0 Å². The molecule has 0 radical (unpaired) electrons. The van der Waals surface area contributed by atoms with Crippen LogP contribution in [0.2, 0.25) is 0 Å². The first-order valence-electron chi connectivity index (χ1n) is 5.72. The first-order chi connectivity index (χ1) is 8.08. The van der Waals surface area contributed by atoms with Crippen molar-refractivity contribution < 1.29 is 9.50 Å². The van der Waals surface area contributed by atoms with Crippen molar-refractivity contribution in [1.29, 1.82) is 0 Å². The van der Waals surface area contributed by atoms with Crippen molar-refractivity contribution in [3.05, 3.63) is 12.0 Å². The largest absolute Gasteiger partial charge is 0.396 e. The van der Waals surface area contributed by atoms with Gasteiger partial charge < -0.3 is 15.7 Å². The summed E-state index contributed by atoms with van der Waals surface area (Å²) in [5.41, 5.74) is 0. The van der Waals surface area contributed by atoms with Crippen LogP contribution >= 0.6 is 0 Å². The van der Waals surface area contributed by atoms with Gasteiger partial charge in [0.15, 0.2) is 11.6 Å². The molecule has 0 aliphatic heterocycles. The molecule has 6 heteroatoms. The quantitative estimate of drug-likeness (QED) is 0.705. The molecule has 0 aromatic carbocycles. The van der Waals surface area contributed by atoms with Crippen molar-refractivity contribution in [2.24, 2.45) is 5.92 Å². The normalized spacial score (nSPS) is 14.2. The molecule has 0 saturated heterocycles. The molecule has 1 heterocycles. The summed E-state index contributed by atoms with van der Waals surface area (Å²) in [5, 5.41) is 14.9. The van der Waals surface area contributed by atoms with Crippen molar-refractivity contribution in [3.8, 4) is 0 Å². The highest BCUT2D eigenvalue weighted by Gasteiger charge is 2.14. The van der Waals surface area contributed by atoms with Gasteiger partial charge in [0.2, 0.25) is 5.95 Å². The minimum atomic E-state index is -0.497. The van der Waals surface area contributed by atoms with Gasteiger partial charge in [-0.2, -0.15) is 4.98 Å². The summed E-state index contributed by atoms with van der Waals surface area (Å²) in [7, 11) is 0. The van der Waals surface area contributed by atoms with Crippen LogP contribution < -0.4 is 10.6 Å². The molecule has 1 aromatic heterocycles. The molecule has 0 aliphatic rings. The summed E-state index contributed by atoms with van der Waals surface area (Å²) in [5.74, 6) is 0.0691. The van der Waals surface area contributed by atoms with Gasteiger partial charge in [-0.3, -0.25) is 0 Å². The predicted octanol–water partition coefficient (Wildman–Crippen LogP) is 1.48. The van der Waals surface area contributed by atoms with E-state index in [1.807, 2.05) is 20.8 Å². The fourth-order valence-corrected chi connectivity index (χ4v) is 1.23. The average molecular weight is 242 g/mol. The number of nitrogens with zero attached hydrogens (tertiary/aromatic N) is 2. The van der Waals surface area contributed by atoms with Gasteiger partial charge in [-0.25, -0.2) is 9.37 Å². The van der Waals surface area contributed by atoms with Crippen LogP contribution in [-0.4, -0.2) is 34.3 Å². The maximum atomic E-state index is 13.5. The summed E-state index contributed by atoms with van der Waals surface area (Å²) in [6.07, 6.45) is 1.13. The number of nitrogens with one attached hydrogen (secondary N) is 2. The van der Waals surface area contributed by atoms with Gasteiger partial charge >= 0.3 is 0 Å². The minimum Gasteiger partial charge on any atom is -0.396 e. The maximum Gasteiger partial charge on any atom is 0.224 e. The van der Waals surface area contributed by atoms with Gasteiger partial charge in [0.25, 0.3) is 0 Å². The fraction of sp³-hybridized carbons (Fsp3) is 0.636. The molecular formula is C11H19FN4O. The SMILES string of the molecule is CCNc1ncc(F)c(NC(C)C(C)CO)n1. The van der Waals surface area contributed by atoms with E-state index in [-0.39, 0.29) is 24.4 Å². The number of anilines is 2. The van der Waals surface area contributed by atoms with Crippen molar-refractivity contribution in [3.63, 3.8) is 0 Å². The fourth-order valence-electron chi connectivity index (χ4n) is 1.23. The maximum absolute atomic E-state index is 13.5. The molecule has 0 fully saturated rings. The summed E-state index contributed by atoms with van der Waals surface area (Å²) in [6, 6.07) is -0.0705. The van der Waals surface area contributed by atoms with Crippen LogP contribution in [0, 0.1) is 11.7 Å². The average Bonchev–Trinajstić information content (AvgIpc) is 2.32. The lowest BCUT2D eigenvalue weighted by atomic mass is 10.1. The molecule has 96 valence electrons. The highest BCUT2D eigenvalue weighted by Crippen LogP contribution is 2.15. The third kappa shape index (κ3) is 3.81. The molecule has 3 N–H and O–H groups in total. The number of hydrogen-bond acceptors (Lipinski definition) is 5. The second kappa shape index (κ2) is 6.34.